The molecular weight excluding hydrogens is 205 g/mol. The fourth-order valence-electron chi connectivity index (χ4n) is 2.06. The summed E-state index contributed by atoms with van der Waals surface area (Å²) in [5, 5.41) is 3.24. The fraction of sp³-hybridized carbons (Fsp3) is 0.538. The Hall–Kier alpha value is -1.09. The number of benzene rings is 1. The molecule has 16 heavy (non-hydrogen) atoms. The third-order valence-electron chi connectivity index (χ3n) is 3.18. The van der Waals surface area contributed by atoms with E-state index in [-0.39, 0.29) is 11.9 Å². The third-order valence-corrected chi connectivity index (χ3v) is 3.18. The maximum atomic E-state index is 13.2. The van der Waals surface area contributed by atoms with Crippen LogP contribution in [0, 0.1) is 11.7 Å². The molecule has 2 nitrogen and oxygen atoms in total. The standard InChI is InChI=1S/C13H18FNO/c1-15-12(7-9-3-4-9)11-8-10(14)5-6-13(11)16-2/h5-6,8-9,12,15H,3-4,7H2,1-2H3. The van der Waals surface area contributed by atoms with Gasteiger partial charge in [0.25, 0.3) is 0 Å². The number of methoxy groups -OCH3 is 1. The van der Waals surface area contributed by atoms with E-state index in [0.717, 1.165) is 23.7 Å². The summed E-state index contributed by atoms with van der Waals surface area (Å²) in [5.41, 5.74) is 0.928. The third kappa shape index (κ3) is 2.53. The van der Waals surface area contributed by atoms with E-state index in [4.69, 9.17) is 4.74 Å². The molecule has 1 aliphatic rings. The van der Waals surface area contributed by atoms with Crippen LogP contribution < -0.4 is 10.1 Å². The molecule has 1 fully saturated rings. The van der Waals surface area contributed by atoms with Gasteiger partial charge in [0.05, 0.1) is 7.11 Å². The molecule has 0 aromatic heterocycles. The van der Waals surface area contributed by atoms with Crippen LogP contribution in [0.2, 0.25) is 0 Å². The van der Waals surface area contributed by atoms with Gasteiger partial charge in [0, 0.05) is 11.6 Å². The van der Waals surface area contributed by atoms with Crippen molar-refractivity contribution in [1.82, 2.24) is 5.32 Å². The Balaban J connectivity index is 2.23. The van der Waals surface area contributed by atoms with E-state index in [2.05, 4.69) is 5.32 Å². The highest BCUT2D eigenvalue weighted by atomic mass is 19.1. The van der Waals surface area contributed by atoms with Crippen molar-refractivity contribution in [2.45, 2.75) is 25.3 Å². The Kier molecular flexibility index (Phi) is 3.44. The van der Waals surface area contributed by atoms with Crippen molar-refractivity contribution in [3.8, 4) is 5.75 Å². The molecule has 0 heterocycles. The van der Waals surface area contributed by atoms with Crippen LogP contribution >= 0.6 is 0 Å². The lowest BCUT2D eigenvalue weighted by Gasteiger charge is -2.19. The molecule has 1 saturated carbocycles. The normalized spacial score (nSPS) is 17.2. The molecule has 0 saturated heterocycles. The molecule has 1 atom stereocenters. The molecule has 1 N–H and O–H groups in total. The second kappa shape index (κ2) is 4.83. The maximum absolute atomic E-state index is 13.2. The lowest BCUT2D eigenvalue weighted by molar-refractivity contribution is 0.394. The SMILES string of the molecule is CNC(CC1CC1)c1cc(F)ccc1OC. The van der Waals surface area contributed by atoms with Gasteiger partial charge in [-0.2, -0.15) is 0 Å². The summed E-state index contributed by atoms with van der Waals surface area (Å²) in [7, 11) is 3.54. The predicted octanol–water partition coefficient (Wildman–Crippen LogP) is 2.89. The summed E-state index contributed by atoms with van der Waals surface area (Å²) < 4.78 is 18.5. The Morgan fingerprint density at radius 2 is 2.25 bits per heavy atom. The zero-order chi connectivity index (χ0) is 11.5. The number of hydrogen-bond donors (Lipinski definition) is 1. The number of rotatable bonds is 5. The summed E-state index contributed by atoms with van der Waals surface area (Å²) >= 11 is 0. The van der Waals surface area contributed by atoms with Gasteiger partial charge >= 0.3 is 0 Å². The van der Waals surface area contributed by atoms with Gasteiger partial charge < -0.3 is 10.1 Å². The zero-order valence-electron chi connectivity index (χ0n) is 9.79. The highest BCUT2D eigenvalue weighted by Crippen LogP contribution is 2.39. The Bertz CT molecular complexity index is 363. The van der Waals surface area contributed by atoms with Crippen molar-refractivity contribution in [2.75, 3.05) is 14.2 Å². The number of ether oxygens (including phenoxy) is 1. The Morgan fingerprint density at radius 3 is 2.81 bits per heavy atom. The van der Waals surface area contributed by atoms with Crippen molar-refractivity contribution < 1.29 is 9.13 Å². The molecular formula is C13H18FNO. The van der Waals surface area contributed by atoms with Gasteiger partial charge in [-0.3, -0.25) is 0 Å². The first-order valence-corrected chi connectivity index (χ1v) is 5.75. The van der Waals surface area contributed by atoms with Gasteiger partial charge in [-0.1, -0.05) is 12.8 Å². The molecule has 0 aliphatic heterocycles. The molecule has 0 spiro atoms. The Labute approximate surface area is 95.8 Å². The van der Waals surface area contributed by atoms with Crippen LogP contribution in [0.5, 0.6) is 5.75 Å². The quantitative estimate of drug-likeness (QED) is 0.828. The number of hydrogen-bond acceptors (Lipinski definition) is 2. The fourth-order valence-corrected chi connectivity index (χ4v) is 2.06. The molecule has 0 amide bonds. The van der Waals surface area contributed by atoms with Crippen molar-refractivity contribution in [2.24, 2.45) is 5.92 Å². The smallest absolute Gasteiger partial charge is 0.123 e. The molecule has 0 bridgehead atoms. The van der Waals surface area contributed by atoms with Gasteiger partial charge in [-0.25, -0.2) is 4.39 Å². The van der Waals surface area contributed by atoms with Crippen LogP contribution in [-0.2, 0) is 0 Å². The second-order valence-corrected chi connectivity index (χ2v) is 4.41. The summed E-state index contributed by atoms with van der Waals surface area (Å²) in [6, 6.07) is 4.90. The van der Waals surface area contributed by atoms with E-state index in [1.165, 1.54) is 18.9 Å². The van der Waals surface area contributed by atoms with Crippen LogP contribution in [-0.4, -0.2) is 14.2 Å². The van der Waals surface area contributed by atoms with Crippen molar-refractivity contribution in [3.63, 3.8) is 0 Å². The molecule has 2 rings (SSSR count). The first-order valence-electron chi connectivity index (χ1n) is 5.75. The zero-order valence-corrected chi connectivity index (χ0v) is 9.79. The molecule has 1 aromatic rings. The molecule has 88 valence electrons. The molecule has 0 radical (unpaired) electrons. The van der Waals surface area contributed by atoms with Crippen molar-refractivity contribution in [1.29, 1.82) is 0 Å². The lowest BCUT2D eigenvalue weighted by atomic mass is 10.00. The molecule has 1 aromatic carbocycles. The van der Waals surface area contributed by atoms with E-state index in [9.17, 15) is 4.39 Å². The van der Waals surface area contributed by atoms with Crippen LogP contribution in [0.1, 0.15) is 30.9 Å². The van der Waals surface area contributed by atoms with Crippen LogP contribution in [0.3, 0.4) is 0 Å². The first-order chi connectivity index (χ1) is 7.74. The summed E-state index contributed by atoms with van der Waals surface area (Å²) in [5.74, 6) is 1.36. The van der Waals surface area contributed by atoms with E-state index in [1.54, 1.807) is 19.2 Å². The van der Waals surface area contributed by atoms with Crippen LogP contribution in [0.4, 0.5) is 4.39 Å². The van der Waals surface area contributed by atoms with Gasteiger partial charge in [0.15, 0.2) is 0 Å². The van der Waals surface area contributed by atoms with Gasteiger partial charge in [0.1, 0.15) is 11.6 Å². The van der Waals surface area contributed by atoms with Crippen LogP contribution in [0.15, 0.2) is 18.2 Å². The van der Waals surface area contributed by atoms with E-state index in [1.807, 2.05) is 7.05 Å². The molecule has 3 heteroatoms. The summed E-state index contributed by atoms with van der Waals surface area (Å²) in [6.45, 7) is 0. The monoisotopic (exact) mass is 223 g/mol. The lowest BCUT2D eigenvalue weighted by Crippen LogP contribution is -2.18. The van der Waals surface area contributed by atoms with E-state index >= 15 is 0 Å². The number of nitrogens with one attached hydrogen (secondary N) is 1. The predicted molar refractivity (Wildman–Crippen MR) is 62.1 cm³/mol. The van der Waals surface area contributed by atoms with Crippen molar-refractivity contribution >= 4 is 0 Å². The van der Waals surface area contributed by atoms with E-state index < -0.39 is 0 Å². The number of halogens is 1. The van der Waals surface area contributed by atoms with Gasteiger partial charge in [-0.05, 0) is 37.6 Å². The minimum absolute atomic E-state index is 0.193. The maximum Gasteiger partial charge on any atom is 0.123 e. The summed E-state index contributed by atoms with van der Waals surface area (Å²) in [4.78, 5) is 0. The average molecular weight is 223 g/mol. The molecule has 1 unspecified atom stereocenters. The first kappa shape index (κ1) is 11.4. The topological polar surface area (TPSA) is 21.3 Å². The van der Waals surface area contributed by atoms with Crippen LogP contribution in [0.25, 0.3) is 0 Å². The molecule has 1 aliphatic carbocycles. The minimum atomic E-state index is -0.202. The van der Waals surface area contributed by atoms with Crippen molar-refractivity contribution in [3.05, 3.63) is 29.6 Å². The average Bonchev–Trinajstić information content (AvgIpc) is 3.09. The van der Waals surface area contributed by atoms with Gasteiger partial charge in [0.2, 0.25) is 0 Å². The van der Waals surface area contributed by atoms with Gasteiger partial charge in [-0.15, -0.1) is 0 Å². The van der Waals surface area contributed by atoms with E-state index in [0.29, 0.717) is 0 Å². The largest absolute Gasteiger partial charge is 0.496 e. The Morgan fingerprint density at radius 1 is 1.50 bits per heavy atom. The minimum Gasteiger partial charge on any atom is -0.496 e. The summed E-state index contributed by atoms with van der Waals surface area (Å²) in [6.07, 6.45) is 3.67. The highest BCUT2D eigenvalue weighted by Gasteiger charge is 2.27. The second-order valence-electron chi connectivity index (χ2n) is 4.41. The highest BCUT2D eigenvalue weighted by molar-refractivity contribution is 5.36.